The van der Waals surface area contributed by atoms with E-state index in [1.165, 1.54) is 0 Å². The van der Waals surface area contributed by atoms with Crippen molar-refractivity contribution in [3.8, 4) is 5.75 Å². The number of hydrogen-bond acceptors (Lipinski definition) is 3. The van der Waals surface area contributed by atoms with Gasteiger partial charge in [0.15, 0.2) is 0 Å². The molecule has 0 unspecified atom stereocenters. The van der Waals surface area contributed by atoms with Crippen molar-refractivity contribution in [3.63, 3.8) is 0 Å². The van der Waals surface area contributed by atoms with Gasteiger partial charge in [-0.05, 0) is 12.1 Å². The number of halogens is 1. The van der Waals surface area contributed by atoms with E-state index in [1.54, 1.807) is 24.3 Å². The Morgan fingerprint density at radius 1 is 1.23 bits per heavy atom. The fraction of sp³-hybridized carbons (Fsp3) is 0. The van der Waals surface area contributed by atoms with Gasteiger partial charge in [-0.1, -0.05) is 18.2 Å². The van der Waals surface area contributed by atoms with Gasteiger partial charge < -0.3 is 14.9 Å². The van der Waals surface area contributed by atoms with Crippen LogP contribution in [0.3, 0.4) is 0 Å². The van der Waals surface area contributed by atoms with Crippen LogP contribution in [0.25, 0.3) is 0 Å². The standard InChI is InChI=1S/C6H6O.ClH2O4P/c7-6-4-2-1-3-5-6;1-5-6(2,3)4/h1-5,7H;(H2,2,3,4). The predicted octanol–water partition coefficient (Wildman–Crippen LogP) is 1.64. The van der Waals surface area contributed by atoms with Crippen molar-refractivity contribution < 1.29 is 23.5 Å². The van der Waals surface area contributed by atoms with E-state index in [0.29, 0.717) is 5.75 Å². The third-order valence-electron chi connectivity index (χ3n) is 0.846. The Bertz CT molecular complexity index is 272. The van der Waals surface area contributed by atoms with Crippen LogP contribution in [0.5, 0.6) is 5.75 Å². The zero-order chi connectivity index (χ0) is 10.3. The van der Waals surface area contributed by atoms with Crippen LogP contribution in [-0.4, -0.2) is 14.9 Å². The van der Waals surface area contributed by atoms with E-state index in [9.17, 15) is 4.57 Å². The van der Waals surface area contributed by atoms with Crippen molar-refractivity contribution in [1.29, 1.82) is 0 Å². The minimum absolute atomic E-state index is 0.322. The molecule has 0 bridgehead atoms. The molecule has 0 saturated heterocycles. The molecular weight excluding hydrogens is 218 g/mol. The topological polar surface area (TPSA) is 87.0 Å². The molecule has 0 aliphatic carbocycles. The molecule has 74 valence electrons. The number of hydrogen-bond donors (Lipinski definition) is 3. The molecule has 1 aromatic rings. The Hall–Kier alpha value is -0.580. The highest BCUT2D eigenvalue weighted by molar-refractivity contribution is 7.47. The predicted molar refractivity (Wildman–Crippen MR) is 47.1 cm³/mol. The van der Waals surface area contributed by atoms with Crippen molar-refractivity contribution in [2.45, 2.75) is 0 Å². The molecule has 0 heterocycles. The summed E-state index contributed by atoms with van der Waals surface area (Å²) >= 11 is 4.21. The molecule has 0 aromatic heterocycles. The molecular formula is C6H8ClO5P. The molecule has 7 heteroatoms. The lowest BCUT2D eigenvalue weighted by Gasteiger charge is -1.89. The Morgan fingerprint density at radius 2 is 1.62 bits per heavy atom. The molecule has 1 rings (SSSR count). The van der Waals surface area contributed by atoms with Crippen LogP contribution in [0.2, 0.25) is 0 Å². The van der Waals surface area contributed by atoms with Gasteiger partial charge in [0.2, 0.25) is 0 Å². The van der Waals surface area contributed by atoms with E-state index < -0.39 is 7.82 Å². The summed E-state index contributed by atoms with van der Waals surface area (Å²) in [5.74, 6) is 0.322. The minimum atomic E-state index is -4.38. The summed E-state index contributed by atoms with van der Waals surface area (Å²) in [5.41, 5.74) is 0. The van der Waals surface area contributed by atoms with Gasteiger partial charge in [0.05, 0.1) is 11.9 Å². The number of aromatic hydroxyl groups is 1. The van der Waals surface area contributed by atoms with Gasteiger partial charge in [-0.15, -0.1) is 0 Å². The number of phenols is 1. The normalized spacial score (nSPS) is 10.1. The lowest BCUT2D eigenvalue weighted by Crippen LogP contribution is -1.70. The first-order valence-electron chi connectivity index (χ1n) is 3.05. The average Bonchev–Trinajstić information content (AvgIpc) is 2.06. The first-order valence-corrected chi connectivity index (χ1v) is 4.89. The molecule has 0 spiro atoms. The summed E-state index contributed by atoms with van der Waals surface area (Å²) in [6, 6.07) is 8.71. The second-order valence-electron chi connectivity index (χ2n) is 1.90. The maximum absolute atomic E-state index is 9.34. The van der Waals surface area contributed by atoms with E-state index in [2.05, 4.69) is 15.9 Å². The highest BCUT2D eigenvalue weighted by Gasteiger charge is 2.10. The van der Waals surface area contributed by atoms with Crippen molar-refractivity contribution >= 4 is 19.7 Å². The van der Waals surface area contributed by atoms with E-state index >= 15 is 0 Å². The number of para-hydroxylation sites is 1. The van der Waals surface area contributed by atoms with Crippen LogP contribution in [-0.2, 0) is 8.64 Å². The van der Waals surface area contributed by atoms with Crippen molar-refractivity contribution in [2.75, 3.05) is 0 Å². The Labute approximate surface area is 80.0 Å². The van der Waals surface area contributed by atoms with E-state index in [1.807, 2.05) is 6.07 Å². The smallest absolute Gasteiger partial charge is 0.486 e. The second kappa shape index (κ2) is 5.96. The van der Waals surface area contributed by atoms with Gasteiger partial charge in [-0.2, -0.15) is 4.08 Å². The van der Waals surface area contributed by atoms with Crippen LogP contribution in [0.4, 0.5) is 0 Å². The van der Waals surface area contributed by atoms with Gasteiger partial charge in [-0.25, -0.2) is 4.57 Å². The van der Waals surface area contributed by atoms with Gasteiger partial charge in [0.25, 0.3) is 0 Å². The number of rotatable bonds is 1. The highest BCUT2D eigenvalue weighted by atomic mass is 35.5. The van der Waals surface area contributed by atoms with Gasteiger partial charge >= 0.3 is 7.82 Å². The monoisotopic (exact) mass is 226 g/mol. The summed E-state index contributed by atoms with van der Waals surface area (Å²) in [7, 11) is -4.38. The summed E-state index contributed by atoms with van der Waals surface area (Å²) in [4.78, 5) is 15.2. The summed E-state index contributed by atoms with van der Waals surface area (Å²) < 4.78 is 12.4. The van der Waals surface area contributed by atoms with Crippen LogP contribution in [0, 0.1) is 0 Å². The SMILES string of the molecule is O=P(O)(O)OCl.Oc1ccccc1. The quantitative estimate of drug-likeness (QED) is 0.634. The first-order chi connectivity index (χ1) is 5.95. The zero-order valence-electron chi connectivity index (χ0n) is 6.37. The Kier molecular flexibility index (Phi) is 5.70. The zero-order valence-corrected chi connectivity index (χ0v) is 8.02. The fourth-order valence-corrected chi connectivity index (χ4v) is 0.428. The second-order valence-corrected chi connectivity index (χ2v) is 3.43. The lowest BCUT2D eigenvalue weighted by atomic mass is 10.3. The maximum Gasteiger partial charge on any atom is 0.486 e. The van der Waals surface area contributed by atoms with Crippen LogP contribution in [0.1, 0.15) is 0 Å². The maximum atomic E-state index is 9.34. The first kappa shape index (κ1) is 12.4. The van der Waals surface area contributed by atoms with Crippen molar-refractivity contribution in [2.24, 2.45) is 0 Å². The molecule has 13 heavy (non-hydrogen) atoms. The van der Waals surface area contributed by atoms with E-state index in [0.717, 1.165) is 0 Å². The van der Waals surface area contributed by atoms with E-state index in [-0.39, 0.29) is 0 Å². The van der Waals surface area contributed by atoms with Crippen molar-refractivity contribution in [1.82, 2.24) is 0 Å². The molecule has 3 N–H and O–H groups in total. The highest BCUT2D eigenvalue weighted by Crippen LogP contribution is 2.36. The summed E-state index contributed by atoms with van der Waals surface area (Å²) in [6.45, 7) is 0. The number of phenolic OH excluding ortho intramolecular Hbond substituents is 1. The molecule has 5 nitrogen and oxygen atoms in total. The summed E-state index contributed by atoms with van der Waals surface area (Å²) in [6.07, 6.45) is 0. The van der Waals surface area contributed by atoms with Crippen molar-refractivity contribution in [3.05, 3.63) is 30.3 Å². The molecule has 1 aromatic carbocycles. The third-order valence-corrected chi connectivity index (χ3v) is 1.57. The summed E-state index contributed by atoms with van der Waals surface area (Å²) in [5, 5.41) is 8.63. The molecule has 0 saturated carbocycles. The lowest BCUT2D eigenvalue weighted by molar-refractivity contribution is 0.292. The Balaban J connectivity index is 0.000000226. The van der Waals surface area contributed by atoms with Gasteiger partial charge in [0, 0.05) is 0 Å². The minimum Gasteiger partial charge on any atom is -0.508 e. The van der Waals surface area contributed by atoms with Crippen LogP contribution in [0.15, 0.2) is 30.3 Å². The van der Waals surface area contributed by atoms with Crippen LogP contribution < -0.4 is 0 Å². The molecule has 0 fully saturated rings. The van der Waals surface area contributed by atoms with Crippen LogP contribution >= 0.6 is 19.7 Å². The van der Waals surface area contributed by atoms with E-state index in [4.69, 9.17) is 14.9 Å². The molecule has 0 amide bonds. The Morgan fingerprint density at radius 3 is 1.77 bits per heavy atom. The molecule has 0 radical (unpaired) electrons. The molecule has 0 atom stereocenters. The van der Waals surface area contributed by atoms with Gasteiger partial charge in [0.1, 0.15) is 5.75 Å². The largest absolute Gasteiger partial charge is 0.508 e. The number of benzene rings is 1. The van der Waals surface area contributed by atoms with Gasteiger partial charge in [-0.3, -0.25) is 0 Å². The molecule has 0 aliphatic heterocycles. The third kappa shape index (κ3) is 9.33. The molecule has 0 aliphatic rings. The fourth-order valence-electron chi connectivity index (χ4n) is 0.428. The number of phosphoric acid groups is 1. The average molecular weight is 227 g/mol.